The van der Waals surface area contributed by atoms with E-state index in [1.807, 2.05) is 0 Å². The van der Waals surface area contributed by atoms with E-state index in [4.69, 9.17) is 14.2 Å². The van der Waals surface area contributed by atoms with Crippen molar-refractivity contribution in [1.82, 2.24) is 0 Å². The highest BCUT2D eigenvalue weighted by atomic mass is 16.7. The lowest BCUT2D eigenvalue weighted by Gasteiger charge is -2.44. The van der Waals surface area contributed by atoms with Crippen LogP contribution in [-0.4, -0.2) is 102 Å². The quantitative estimate of drug-likeness (QED) is 0.148. The molecule has 276 valence electrons. The predicted octanol–water partition coefficient (Wildman–Crippen LogP) is 1.91. The second kappa shape index (κ2) is 11.1. The molecule has 15 nitrogen and oxygen atoms in total. The molecule has 4 aliphatic carbocycles. The van der Waals surface area contributed by atoms with E-state index in [2.05, 4.69) is 0 Å². The van der Waals surface area contributed by atoms with Gasteiger partial charge in [0, 0.05) is 54.5 Å². The molecule has 2 fully saturated rings. The normalized spacial score (nSPS) is 32.5. The molecule has 2 aromatic rings. The number of aliphatic hydroxyl groups is 2. The molecule has 8 atom stereocenters. The van der Waals surface area contributed by atoms with Gasteiger partial charge in [0.2, 0.25) is 17.2 Å². The molecule has 7 rings (SSSR count). The molecule has 2 aromatic carbocycles. The Morgan fingerprint density at radius 2 is 1.26 bits per heavy atom. The monoisotopic (exact) mass is 730 g/mol. The van der Waals surface area contributed by atoms with Crippen LogP contribution >= 0.6 is 0 Å². The topological polar surface area (TPSA) is 248 Å². The van der Waals surface area contributed by atoms with Crippen LogP contribution < -0.4 is 0 Å². The molecule has 0 unspecified atom stereocenters. The summed E-state index contributed by atoms with van der Waals surface area (Å²) in [6.07, 6.45) is -3.61. The third-order valence-electron chi connectivity index (χ3n) is 11.2. The van der Waals surface area contributed by atoms with Crippen molar-refractivity contribution in [2.24, 2.45) is 11.8 Å². The summed E-state index contributed by atoms with van der Waals surface area (Å²) < 4.78 is 16.3. The molecule has 5 aliphatic rings. The number of allylic oxidation sites excluding steroid dienone is 1. The minimum Gasteiger partial charge on any atom is -0.507 e. The number of hydrogen-bond acceptors (Lipinski definition) is 15. The average Bonchev–Trinajstić information content (AvgIpc) is 3.73. The van der Waals surface area contributed by atoms with Crippen LogP contribution in [-0.2, 0) is 33.4 Å². The van der Waals surface area contributed by atoms with Gasteiger partial charge in [-0.1, -0.05) is 0 Å². The Balaban J connectivity index is 1.35. The number of aromatic hydroxyl groups is 2. The van der Waals surface area contributed by atoms with Gasteiger partial charge in [-0.15, -0.1) is 0 Å². The average molecular weight is 731 g/mol. The first-order valence-corrected chi connectivity index (χ1v) is 16.8. The highest BCUT2D eigenvalue weighted by Crippen LogP contribution is 2.67. The van der Waals surface area contributed by atoms with E-state index < -0.39 is 134 Å². The third kappa shape index (κ3) is 4.50. The van der Waals surface area contributed by atoms with Gasteiger partial charge in [-0.25, -0.2) is 0 Å². The van der Waals surface area contributed by atoms with Crippen LogP contribution in [0.25, 0.3) is 11.1 Å². The lowest BCUT2D eigenvalue weighted by molar-refractivity contribution is -0.160. The highest BCUT2D eigenvalue weighted by molar-refractivity contribution is 6.39. The fourth-order valence-electron chi connectivity index (χ4n) is 9.43. The maximum Gasteiger partial charge on any atom is 0.302 e. The molecule has 1 saturated heterocycles. The fraction of sp³-hybridized carbons (Fsp3) is 0.421. The maximum absolute atomic E-state index is 14.3. The van der Waals surface area contributed by atoms with Gasteiger partial charge in [0.05, 0.1) is 39.7 Å². The Bertz CT molecular complexity index is 2220. The zero-order chi connectivity index (χ0) is 39.1. The van der Waals surface area contributed by atoms with Crippen LogP contribution in [0.5, 0.6) is 11.5 Å². The smallest absolute Gasteiger partial charge is 0.302 e. The van der Waals surface area contributed by atoms with E-state index in [0.717, 1.165) is 38.1 Å². The largest absolute Gasteiger partial charge is 0.507 e. The fourth-order valence-corrected chi connectivity index (χ4v) is 9.43. The number of benzene rings is 2. The molecule has 53 heavy (non-hydrogen) atoms. The zero-order valence-electron chi connectivity index (χ0n) is 29.3. The van der Waals surface area contributed by atoms with Crippen molar-refractivity contribution in [3.05, 3.63) is 57.7 Å². The number of Topliss-reactive ketones (excluding diaryl/α,β-unsaturated/α-hetero) is 6. The molecule has 1 heterocycles. The van der Waals surface area contributed by atoms with Crippen molar-refractivity contribution in [3.8, 4) is 22.6 Å². The third-order valence-corrected chi connectivity index (χ3v) is 11.2. The van der Waals surface area contributed by atoms with Gasteiger partial charge >= 0.3 is 11.9 Å². The predicted molar refractivity (Wildman–Crippen MR) is 176 cm³/mol. The summed E-state index contributed by atoms with van der Waals surface area (Å²) in [5.74, 6) is -11.7. The van der Waals surface area contributed by atoms with Crippen LogP contribution in [0.3, 0.4) is 0 Å². The SMILES string of the molecule is CC(=O)O[C@@H](C)[C@@H]1C2=C(C(=O)C[C@]1(C)O)C(=O)c1c(ccc(-c3ccc4c(c3O)C(=O)[C@@]35O[C@]3(C4=O)[C@@H]([C@@H](C)OC(C)=O)[C@@](C)(O)CC5=O)c1O)C2=O. The number of ether oxygens (including phenoxy) is 3. The highest BCUT2D eigenvalue weighted by Gasteiger charge is 2.91. The first kappa shape index (κ1) is 36.0. The molecule has 0 spiro atoms. The van der Waals surface area contributed by atoms with Crippen LogP contribution in [0.2, 0.25) is 0 Å². The number of ketones is 6. The second-order valence-corrected chi connectivity index (χ2v) is 14.9. The van der Waals surface area contributed by atoms with Crippen molar-refractivity contribution in [2.75, 3.05) is 0 Å². The van der Waals surface area contributed by atoms with Crippen molar-refractivity contribution < 1.29 is 73.0 Å². The molecule has 0 aromatic heterocycles. The number of epoxide rings is 1. The minimum atomic E-state index is -2.46. The summed E-state index contributed by atoms with van der Waals surface area (Å²) in [5, 5.41) is 45.7. The molecule has 4 N–H and O–H groups in total. The first-order chi connectivity index (χ1) is 24.6. The van der Waals surface area contributed by atoms with Gasteiger partial charge in [0.1, 0.15) is 23.7 Å². The standard InChI is InChI=1S/C38H34O15/c1-13(51-15(3)39)27-26-25(21(41)11-35(27,5)49)31(46)23-19(30(26)45)9-7-17(28(23)43)18-8-10-20-24(29(18)44)34(48)37-22(42)12-36(6,50)32(14(2)52-16(4)40)38(37,53-37)33(20)47/h7-10,13-14,27,32,43-44,49-50H,11-12H2,1-6H3/t13-,14+,27+,32-,35-,36-,37+,38-/m0/s1. The van der Waals surface area contributed by atoms with Crippen molar-refractivity contribution >= 4 is 46.6 Å². The number of fused-ring (bicyclic) bond motifs is 2. The van der Waals surface area contributed by atoms with E-state index in [9.17, 15) is 58.8 Å². The Hall–Kier alpha value is -5.38. The van der Waals surface area contributed by atoms with Gasteiger partial charge in [-0.3, -0.25) is 38.4 Å². The minimum absolute atomic E-state index is 0.292. The van der Waals surface area contributed by atoms with Gasteiger partial charge in [0.15, 0.2) is 28.7 Å². The van der Waals surface area contributed by atoms with Gasteiger partial charge in [-0.2, -0.15) is 0 Å². The molecular formula is C38H34O15. The Morgan fingerprint density at radius 1 is 0.736 bits per heavy atom. The van der Waals surface area contributed by atoms with E-state index in [1.54, 1.807) is 0 Å². The Morgan fingerprint density at radius 3 is 1.85 bits per heavy atom. The number of esters is 2. The summed E-state index contributed by atoms with van der Waals surface area (Å²) in [4.78, 5) is 107. The first-order valence-electron chi connectivity index (χ1n) is 16.8. The summed E-state index contributed by atoms with van der Waals surface area (Å²) in [6.45, 7) is 7.55. The number of carbonyl (C=O) groups excluding carboxylic acids is 8. The number of hydrogen-bond donors (Lipinski definition) is 4. The van der Waals surface area contributed by atoms with Crippen molar-refractivity contribution in [2.45, 2.75) is 89.0 Å². The van der Waals surface area contributed by atoms with Crippen LogP contribution in [0.4, 0.5) is 0 Å². The van der Waals surface area contributed by atoms with E-state index >= 15 is 0 Å². The number of phenols is 2. The number of phenolic OH excluding ortho intramolecular Hbond substituents is 2. The lowest BCUT2D eigenvalue weighted by atomic mass is 9.56. The molecular weight excluding hydrogens is 696 g/mol. The van der Waals surface area contributed by atoms with Gasteiger partial charge < -0.3 is 34.6 Å². The van der Waals surface area contributed by atoms with E-state index in [0.29, 0.717) is 0 Å². The number of carbonyl (C=O) groups is 8. The summed E-state index contributed by atoms with van der Waals surface area (Å²) >= 11 is 0. The molecule has 0 bridgehead atoms. The molecule has 0 radical (unpaired) electrons. The van der Waals surface area contributed by atoms with Gasteiger partial charge in [0.25, 0.3) is 0 Å². The summed E-state index contributed by atoms with van der Waals surface area (Å²) in [5.41, 5.74) is -12.1. The lowest BCUT2D eigenvalue weighted by Crippen LogP contribution is -2.66. The molecule has 15 heteroatoms. The van der Waals surface area contributed by atoms with Crippen molar-refractivity contribution in [3.63, 3.8) is 0 Å². The van der Waals surface area contributed by atoms with E-state index in [-0.39, 0.29) is 27.8 Å². The number of rotatable bonds is 5. The molecule has 0 amide bonds. The molecule has 1 aliphatic heterocycles. The van der Waals surface area contributed by atoms with Gasteiger partial charge in [-0.05, 0) is 52.0 Å². The zero-order valence-corrected chi connectivity index (χ0v) is 29.3. The van der Waals surface area contributed by atoms with Crippen LogP contribution in [0, 0.1) is 11.8 Å². The summed E-state index contributed by atoms with van der Waals surface area (Å²) in [6, 6.07) is 4.58. The second-order valence-electron chi connectivity index (χ2n) is 14.9. The van der Waals surface area contributed by atoms with Crippen LogP contribution in [0.1, 0.15) is 95.8 Å². The van der Waals surface area contributed by atoms with E-state index in [1.165, 1.54) is 27.7 Å². The Labute approximate surface area is 300 Å². The van der Waals surface area contributed by atoms with Crippen molar-refractivity contribution in [1.29, 1.82) is 0 Å². The summed E-state index contributed by atoms with van der Waals surface area (Å²) in [7, 11) is 0. The maximum atomic E-state index is 14.3. The molecule has 1 saturated carbocycles. The van der Waals surface area contributed by atoms with Crippen LogP contribution in [0.15, 0.2) is 35.4 Å². The Kier molecular flexibility index (Phi) is 7.52.